The first kappa shape index (κ1) is 15.1. The molecule has 0 spiro atoms. The van der Waals surface area contributed by atoms with Crippen molar-refractivity contribution in [2.75, 3.05) is 0 Å². The van der Waals surface area contributed by atoms with E-state index in [9.17, 15) is 0 Å². The molecule has 0 amide bonds. The Balaban J connectivity index is 1.88. The molecule has 0 saturated heterocycles. The third-order valence-electron chi connectivity index (χ3n) is 4.31. The molecule has 0 radical (unpaired) electrons. The molecule has 120 valence electrons. The largest absolute Gasteiger partial charge is 0.325 e. The lowest BCUT2D eigenvalue weighted by molar-refractivity contribution is 0.970. The minimum Gasteiger partial charge on any atom is -0.325 e. The Morgan fingerprint density at radius 3 is 2.58 bits per heavy atom. The van der Waals surface area contributed by atoms with Gasteiger partial charge in [0.15, 0.2) is 4.96 Å². The fourth-order valence-electron chi connectivity index (χ4n) is 3.12. The Morgan fingerprint density at radius 1 is 1.08 bits per heavy atom. The predicted molar refractivity (Wildman–Crippen MR) is 101 cm³/mol. The van der Waals surface area contributed by atoms with Crippen molar-refractivity contribution in [3.63, 3.8) is 0 Å². The monoisotopic (exact) mass is 333 g/mol. The maximum atomic E-state index is 6.07. The van der Waals surface area contributed by atoms with Crippen LogP contribution in [0.5, 0.6) is 0 Å². The van der Waals surface area contributed by atoms with Gasteiger partial charge in [0.2, 0.25) is 0 Å². The molecule has 0 unspecified atom stereocenters. The number of rotatable bonds is 3. The Bertz CT molecular complexity index is 1010. The van der Waals surface area contributed by atoms with Gasteiger partial charge in [-0.3, -0.25) is 4.40 Å². The second-order valence-electron chi connectivity index (χ2n) is 6.04. The molecule has 0 aliphatic rings. The molecular weight excluding hydrogens is 314 g/mol. The summed E-state index contributed by atoms with van der Waals surface area (Å²) in [6, 6.07) is 16.9. The zero-order valence-electron chi connectivity index (χ0n) is 13.8. The minimum atomic E-state index is 0.467. The molecule has 3 nitrogen and oxygen atoms in total. The van der Waals surface area contributed by atoms with E-state index in [1.54, 1.807) is 11.3 Å². The van der Waals surface area contributed by atoms with Gasteiger partial charge in [-0.05, 0) is 25.0 Å². The van der Waals surface area contributed by atoms with E-state index in [1.807, 2.05) is 6.07 Å². The average molecular weight is 333 g/mol. The van der Waals surface area contributed by atoms with Crippen LogP contribution in [0.15, 0.2) is 54.7 Å². The fourth-order valence-corrected chi connectivity index (χ4v) is 4.12. The highest BCUT2D eigenvalue weighted by Gasteiger charge is 2.17. The molecule has 24 heavy (non-hydrogen) atoms. The predicted octanol–water partition coefficient (Wildman–Crippen LogP) is 4.81. The summed E-state index contributed by atoms with van der Waals surface area (Å²) < 4.78 is 2.14. The van der Waals surface area contributed by atoms with Crippen LogP contribution >= 0.6 is 11.3 Å². The third-order valence-corrected chi connectivity index (χ3v) is 5.35. The summed E-state index contributed by atoms with van der Waals surface area (Å²) in [7, 11) is 0. The molecule has 0 saturated carbocycles. The summed E-state index contributed by atoms with van der Waals surface area (Å²) in [5, 5.41) is 0. The van der Waals surface area contributed by atoms with Crippen molar-refractivity contribution >= 4 is 16.3 Å². The molecule has 2 N–H and O–H groups in total. The number of nitrogens with zero attached hydrogens (tertiary/aromatic N) is 2. The zero-order valence-corrected chi connectivity index (χ0v) is 14.6. The lowest BCUT2D eigenvalue weighted by Gasteiger charge is -2.06. The first-order chi connectivity index (χ1) is 11.7. The van der Waals surface area contributed by atoms with E-state index in [0.29, 0.717) is 6.54 Å². The summed E-state index contributed by atoms with van der Waals surface area (Å²) in [6.45, 7) is 4.71. The van der Waals surface area contributed by atoms with E-state index in [0.717, 1.165) is 16.3 Å². The number of hydrogen-bond acceptors (Lipinski definition) is 3. The van der Waals surface area contributed by atoms with Gasteiger partial charge in [-0.2, -0.15) is 0 Å². The van der Waals surface area contributed by atoms with Gasteiger partial charge in [-0.1, -0.05) is 65.4 Å². The first-order valence-corrected chi connectivity index (χ1v) is 8.83. The molecule has 4 heteroatoms. The number of fused-ring (bicyclic) bond motifs is 1. The smallest absolute Gasteiger partial charge is 0.195 e. The van der Waals surface area contributed by atoms with Crippen LogP contribution in [0.2, 0.25) is 0 Å². The first-order valence-electron chi connectivity index (χ1n) is 8.01. The van der Waals surface area contributed by atoms with Gasteiger partial charge in [0.25, 0.3) is 0 Å². The van der Waals surface area contributed by atoms with Gasteiger partial charge in [0.05, 0.1) is 16.3 Å². The molecule has 4 aromatic rings. The summed E-state index contributed by atoms with van der Waals surface area (Å²) in [6.07, 6.45) is 2.15. The number of aryl methyl sites for hydroxylation is 2. The van der Waals surface area contributed by atoms with E-state index < -0.39 is 0 Å². The SMILES string of the molecule is Cc1ccc(-c2nc3sc(-c4ccccc4)cn3c2CN)c(C)c1. The van der Waals surface area contributed by atoms with Crippen molar-refractivity contribution < 1.29 is 0 Å². The van der Waals surface area contributed by atoms with Crippen molar-refractivity contribution in [1.82, 2.24) is 9.38 Å². The highest BCUT2D eigenvalue weighted by atomic mass is 32.1. The van der Waals surface area contributed by atoms with Crippen LogP contribution in [-0.4, -0.2) is 9.38 Å². The maximum Gasteiger partial charge on any atom is 0.195 e. The van der Waals surface area contributed by atoms with Gasteiger partial charge < -0.3 is 5.73 Å². The molecule has 0 bridgehead atoms. The lowest BCUT2D eigenvalue weighted by atomic mass is 10.0. The van der Waals surface area contributed by atoms with Crippen molar-refractivity contribution in [2.45, 2.75) is 20.4 Å². The van der Waals surface area contributed by atoms with Crippen LogP contribution in [0.4, 0.5) is 0 Å². The summed E-state index contributed by atoms with van der Waals surface area (Å²) in [4.78, 5) is 7.09. The quantitative estimate of drug-likeness (QED) is 0.585. The number of imidazole rings is 1. The van der Waals surface area contributed by atoms with Crippen LogP contribution in [-0.2, 0) is 6.54 Å². The van der Waals surface area contributed by atoms with Gasteiger partial charge in [-0.15, -0.1) is 0 Å². The molecule has 4 rings (SSSR count). The van der Waals surface area contributed by atoms with Crippen molar-refractivity contribution in [2.24, 2.45) is 5.73 Å². The molecule has 2 aromatic heterocycles. The number of hydrogen-bond donors (Lipinski definition) is 1. The fraction of sp³-hybridized carbons (Fsp3) is 0.150. The highest BCUT2D eigenvalue weighted by molar-refractivity contribution is 7.20. The van der Waals surface area contributed by atoms with Crippen molar-refractivity contribution in [3.05, 3.63) is 71.5 Å². The van der Waals surface area contributed by atoms with E-state index in [1.165, 1.54) is 27.1 Å². The van der Waals surface area contributed by atoms with Crippen LogP contribution < -0.4 is 5.73 Å². The lowest BCUT2D eigenvalue weighted by Crippen LogP contribution is -2.02. The van der Waals surface area contributed by atoms with Crippen LogP contribution in [0, 0.1) is 13.8 Å². The van der Waals surface area contributed by atoms with Gasteiger partial charge in [0, 0.05) is 18.3 Å². The van der Waals surface area contributed by atoms with Crippen molar-refractivity contribution in [1.29, 1.82) is 0 Å². The van der Waals surface area contributed by atoms with Crippen LogP contribution in [0.3, 0.4) is 0 Å². The van der Waals surface area contributed by atoms with Gasteiger partial charge in [-0.25, -0.2) is 4.98 Å². The van der Waals surface area contributed by atoms with E-state index >= 15 is 0 Å². The summed E-state index contributed by atoms with van der Waals surface area (Å²) in [5.41, 5.74) is 13.0. The molecule has 2 heterocycles. The molecule has 0 aliphatic carbocycles. The maximum absolute atomic E-state index is 6.07. The minimum absolute atomic E-state index is 0.467. The molecular formula is C20H19N3S. The molecule has 0 atom stereocenters. The Labute approximate surface area is 145 Å². The molecule has 0 aliphatic heterocycles. The molecule has 2 aromatic carbocycles. The standard InChI is InChI=1S/C20H19N3S/c1-13-8-9-16(14(2)10-13)19-17(11-21)23-12-18(24-20(23)22-19)15-6-4-3-5-7-15/h3-10,12H,11,21H2,1-2H3. The zero-order chi connectivity index (χ0) is 16.7. The summed E-state index contributed by atoms with van der Waals surface area (Å²) in [5.74, 6) is 0. The number of thiazole rings is 1. The van der Waals surface area contributed by atoms with Crippen LogP contribution in [0.25, 0.3) is 26.7 Å². The van der Waals surface area contributed by atoms with Crippen LogP contribution in [0.1, 0.15) is 16.8 Å². The normalized spacial score (nSPS) is 11.3. The Hall–Kier alpha value is -2.43. The average Bonchev–Trinajstić information content (AvgIpc) is 3.13. The topological polar surface area (TPSA) is 43.3 Å². The Morgan fingerprint density at radius 2 is 1.88 bits per heavy atom. The van der Waals surface area contributed by atoms with E-state index in [4.69, 9.17) is 10.7 Å². The number of benzene rings is 2. The number of aromatic nitrogens is 2. The third kappa shape index (κ3) is 2.44. The van der Waals surface area contributed by atoms with E-state index in [-0.39, 0.29) is 0 Å². The number of nitrogens with two attached hydrogens (primary N) is 1. The molecule has 0 fully saturated rings. The summed E-state index contributed by atoms with van der Waals surface area (Å²) >= 11 is 1.70. The second kappa shape index (κ2) is 5.89. The highest BCUT2D eigenvalue weighted by Crippen LogP contribution is 2.34. The second-order valence-corrected chi connectivity index (χ2v) is 7.05. The van der Waals surface area contributed by atoms with Crippen molar-refractivity contribution in [3.8, 4) is 21.7 Å². The Kier molecular flexibility index (Phi) is 3.71. The van der Waals surface area contributed by atoms with E-state index in [2.05, 4.69) is 66.9 Å². The van der Waals surface area contributed by atoms with Gasteiger partial charge in [0.1, 0.15) is 0 Å². The van der Waals surface area contributed by atoms with Gasteiger partial charge >= 0.3 is 0 Å².